The molecule has 28 heavy (non-hydrogen) atoms. The molecule has 0 aromatic heterocycles. The summed E-state index contributed by atoms with van der Waals surface area (Å²) in [5, 5.41) is 3.08. The Morgan fingerprint density at radius 3 is 2.00 bits per heavy atom. The molecule has 0 aliphatic carbocycles. The van der Waals surface area contributed by atoms with E-state index in [-0.39, 0.29) is 30.3 Å². The van der Waals surface area contributed by atoms with Crippen molar-refractivity contribution in [1.82, 2.24) is 5.32 Å². The van der Waals surface area contributed by atoms with Crippen LogP contribution in [0.1, 0.15) is 43.6 Å². The fraction of sp³-hybridized carbons (Fsp3) is 0.409. The molecule has 1 amide bonds. The van der Waals surface area contributed by atoms with Crippen LogP contribution >= 0.6 is 0 Å². The van der Waals surface area contributed by atoms with Gasteiger partial charge in [-0.3, -0.25) is 9.10 Å². The monoisotopic (exact) mass is 402 g/mol. The molecular weight excluding hydrogens is 372 g/mol. The van der Waals surface area contributed by atoms with Crippen molar-refractivity contribution in [2.24, 2.45) is 11.8 Å². The van der Waals surface area contributed by atoms with Crippen molar-refractivity contribution in [2.45, 2.75) is 40.3 Å². The van der Waals surface area contributed by atoms with Gasteiger partial charge in [-0.2, -0.15) is 0 Å². The third kappa shape index (κ3) is 5.58. The standard InChI is InChI=1S/C22H30N2O3S/c1-16(2)21(17(3)4)23-22(25)19-13-9-10-14-20(19)24(28(5,26)27)15-18-11-7-6-8-12-18/h6-14,16-17,21H,15H2,1-5H3,(H,23,25). The van der Waals surface area contributed by atoms with Gasteiger partial charge in [-0.15, -0.1) is 0 Å². The Hall–Kier alpha value is -2.34. The third-order valence-corrected chi connectivity index (χ3v) is 5.85. The number of carbonyl (C=O) groups is 1. The van der Waals surface area contributed by atoms with Gasteiger partial charge >= 0.3 is 0 Å². The molecule has 1 N–H and O–H groups in total. The predicted octanol–water partition coefficient (Wildman–Crippen LogP) is 4.06. The summed E-state index contributed by atoms with van der Waals surface area (Å²) in [7, 11) is -3.58. The van der Waals surface area contributed by atoms with Gasteiger partial charge in [-0.25, -0.2) is 8.42 Å². The second-order valence-electron chi connectivity index (χ2n) is 7.76. The molecular formula is C22H30N2O3S. The zero-order valence-corrected chi connectivity index (χ0v) is 18.0. The highest BCUT2D eigenvalue weighted by Crippen LogP contribution is 2.26. The minimum atomic E-state index is -3.58. The number of carbonyl (C=O) groups excluding carboxylic acids is 1. The number of nitrogens with zero attached hydrogens (tertiary/aromatic N) is 1. The lowest BCUT2D eigenvalue weighted by Gasteiger charge is -2.28. The van der Waals surface area contributed by atoms with E-state index >= 15 is 0 Å². The fourth-order valence-electron chi connectivity index (χ4n) is 3.35. The highest BCUT2D eigenvalue weighted by molar-refractivity contribution is 7.92. The van der Waals surface area contributed by atoms with Crippen LogP contribution in [0.2, 0.25) is 0 Å². The molecule has 0 heterocycles. The molecule has 0 fully saturated rings. The van der Waals surface area contributed by atoms with E-state index in [1.807, 2.05) is 30.3 Å². The molecule has 0 bridgehead atoms. The van der Waals surface area contributed by atoms with Crippen LogP contribution in [0.25, 0.3) is 0 Å². The van der Waals surface area contributed by atoms with Crippen molar-refractivity contribution in [2.75, 3.05) is 10.6 Å². The zero-order chi connectivity index (χ0) is 20.9. The fourth-order valence-corrected chi connectivity index (χ4v) is 4.25. The first-order valence-corrected chi connectivity index (χ1v) is 11.4. The number of nitrogens with one attached hydrogen (secondary N) is 1. The van der Waals surface area contributed by atoms with Gasteiger partial charge in [0.2, 0.25) is 10.0 Å². The van der Waals surface area contributed by atoms with E-state index < -0.39 is 10.0 Å². The Bertz CT molecular complexity index is 885. The van der Waals surface area contributed by atoms with E-state index in [0.717, 1.165) is 11.8 Å². The SMILES string of the molecule is CC(C)C(NC(=O)c1ccccc1N(Cc1ccccc1)S(C)(=O)=O)C(C)C. The van der Waals surface area contributed by atoms with E-state index in [2.05, 4.69) is 33.0 Å². The summed E-state index contributed by atoms with van der Waals surface area (Å²) in [6, 6.07) is 16.2. The molecule has 0 unspecified atom stereocenters. The van der Waals surface area contributed by atoms with Crippen molar-refractivity contribution >= 4 is 21.6 Å². The molecule has 5 nitrogen and oxygen atoms in total. The number of sulfonamides is 1. The summed E-state index contributed by atoms with van der Waals surface area (Å²) in [6.45, 7) is 8.43. The van der Waals surface area contributed by atoms with Crippen LogP contribution in [0, 0.1) is 11.8 Å². The van der Waals surface area contributed by atoms with Crippen molar-refractivity contribution in [3.8, 4) is 0 Å². The molecule has 0 aliphatic heterocycles. The third-order valence-electron chi connectivity index (χ3n) is 4.72. The topological polar surface area (TPSA) is 66.5 Å². The number of hydrogen-bond acceptors (Lipinski definition) is 3. The van der Waals surface area contributed by atoms with Crippen molar-refractivity contribution in [1.29, 1.82) is 0 Å². The second kappa shape index (κ2) is 9.24. The number of amides is 1. The molecule has 0 saturated heterocycles. The lowest BCUT2D eigenvalue weighted by molar-refractivity contribution is 0.0911. The average Bonchev–Trinajstić information content (AvgIpc) is 2.63. The molecule has 2 aromatic rings. The highest BCUT2D eigenvalue weighted by Gasteiger charge is 2.26. The van der Waals surface area contributed by atoms with Gasteiger partial charge < -0.3 is 5.32 Å². The summed E-state index contributed by atoms with van der Waals surface area (Å²) in [6.07, 6.45) is 1.16. The van der Waals surface area contributed by atoms with Gasteiger partial charge in [0.05, 0.1) is 24.1 Å². The quantitative estimate of drug-likeness (QED) is 0.724. The van der Waals surface area contributed by atoms with Crippen LogP contribution in [0.4, 0.5) is 5.69 Å². The maximum Gasteiger partial charge on any atom is 0.253 e. The summed E-state index contributed by atoms with van der Waals surface area (Å²) in [4.78, 5) is 13.0. The molecule has 2 rings (SSSR count). The molecule has 0 spiro atoms. The highest BCUT2D eigenvalue weighted by atomic mass is 32.2. The largest absolute Gasteiger partial charge is 0.349 e. The second-order valence-corrected chi connectivity index (χ2v) is 9.67. The number of benzene rings is 2. The van der Waals surface area contributed by atoms with Gasteiger partial charge in [0.1, 0.15) is 0 Å². The Morgan fingerprint density at radius 1 is 0.929 bits per heavy atom. The minimum Gasteiger partial charge on any atom is -0.349 e. The minimum absolute atomic E-state index is 0.00126. The Morgan fingerprint density at radius 2 is 1.46 bits per heavy atom. The molecule has 0 atom stereocenters. The normalized spacial score (nSPS) is 11.9. The summed E-state index contributed by atoms with van der Waals surface area (Å²) in [5.41, 5.74) is 1.60. The van der Waals surface area contributed by atoms with Crippen molar-refractivity contribution < 1.29 is 13.2 Å². The van der Waals surface area contributed by atoms with Crippen LogP contribution in [0.15, 0.2) is 54.6 Å². The Balaban J connectivity index is 2.42. The van der Waals surface area contributed by atoms with Gasteiger partial charge in [0, 0.05) is 6.04 Å². The number of anilines is 1. The van der Waals surface area contributed by atoms with Gasteiger partial charge in [-0.1, -0.05) is 70.2 Å². The van der Waals surface area contributed by atoms with E-state index in [9.17, 15) is 13.2 Å². The Kier molecular flexibility index (Phi) is 7.24. The van der Waals surface area contributed by atoms with Crippen LogP contribution in [0.3, 0.4) is 0 Å². The van der Waals surface area contributed by atoms with Crippen LogP contribution in [-0.2, 0) is 16.6 Å². The van der Waals surface area contributed by atoms with Gasteiger partial charge in [0.25, 0.3) is 5.91 Å². The van der Waals surface area contributed by atoms with E-state index in [4.69, 9.17) is 0 Å². The number of rotatable bonds is 8. The lowest BCUT2D eigenvalue weighted by Crippen LogP contribution is -2.43. The Labute approximate surface area is 168 Å². The first-order valence-electron chi connectivity index (χ1n) is 9.52. The predicted molar refractivity (Wildman–Crippen MR) is 115 cm³/mol. The molecule has 6 heteroatoms. The van der Waals surface area contributed by atoms with Crippen LogP contribution in [-0.4, -0.2) is 26.6 Å². The van der Waals surface area contributed by atoms with E-state index in [1.54, 1.807) is 24.3 Å². The van der Waals surface area contributed by atoms with Crippen LogP contribution < -0.4 is 9.62 Å². The summed E-state index contributed by atoms with van der Waals surface area (Å²) < 4.78 is 26.4. The zero-order valence-electron chi connectivity index (χ0n) is 17.2. The smallest absolute Gasteiger partial charge is 0.253 e. The molecule has 2 aromatic carbocycles. The molecule has 152 valence electrons. The molecule has 0 aliphatic rings. The first kappa shape index (κ1) is 22.0. The maximum atomic E-state index is 13.0. The average molecular weight is 403 g/mol. The molecule has 0 radical (unpaired) electrons. The number of hydrogen-bond donors (Lipinski definition) is 1. The lowest BCUT2D eigenvalue weighted by atomic mass is 9.93. The summed E-state index contributed by atoms with van der Waals surface area (Å²) >= 11 is 0. The summed E-state index contributed by atoms with van der Waals surface area (Å²) in [5.74, 6) is 0.280. The van der Waals surface area contributed by atoms with E-state index in [0.29, 0.717) is 11.3 Å². The number of para-hydroxylation sites is 1. The van der Waals surface area contributed by atoms with Crippen molar-refractivity contribution in [3.05, 3.63) is 65.7 Å². The maximum absolute atomic E-state index is 13.0. The van der Waals surface area contributed by atoms with Crippen molar-refractivity contribution in [3.63, 3.8) is 0 Å². The van der Waals surface area contributed by atoms with E-state index in [1.165, 1.54) is 4.31 Å². The van der Waals surface area contributed by atoms with Gasteiger partial charge in [-0.05, 0) is 29.5 Å². The van der Waals surface area contributed by atoms with Crippen LogP contribution in [0.5, 0.6) is 0 Å². The molecule has 0 saturated carbocycles. The first-order chi connectivity index (χ1) is 13.1. The van der Waals surface area contributed by atoms with Gasteiger partial charge in [0.15, 0.2) is 0 Å².